The van der Waals surface area contributed by atoms with Crippen molar-refractivity contribution in [3.63, 3.8) is 0 Å². The summed E-state index contributed by atoms with van der Waals surface area (Å²) in [6.07, 6.45) is -0.531. The predicted molar refractivity (Wildman–Crippen MR) is 98.4 cm³/mol. The summed E-state index contributed by atoms with van der Waals surface area (Å²) in [4.78, 5) is 20.0. The second kappa shape index (κ2) is 7.72. The van der Waals surface area contributed by atoms with E-state index in [2.05, 4.69) is 39.2 Å². The minimum atomic E-state index is -2.00. The van der Waals surface area contributed by atoms with Gasteiger partial charge in [-0.25, -0.2) is 9.68 Å². The van der Waals surface area contributed by atoms with E-state index in [4.69, 9.17) is 14.2 Å². The molecule has 2 unspecified atom stereocenters. The van der Waals surface area contributed by atoms with Crippen LogP contribution in [0.4, 0.5) is 4.79 Å². The van der Waals surface area contributed by atoms with Gasteiger partial charge in [-0.1, -0.05) is 20.8 Å². The smallest absolute Gasteiger partial charge is 0.410 e. The molecule has 0 radical (unpaired) electrons. The molecule has 1 N–H and O–H groups in total. The summed E-state index contributed by atoms with van der Waals surface area (Å²) in [7, 11) is -2.00. The van der Waals surface area contributed by atoms with Crippen LogP contribution in [0.1, 0.15) is 48.5 Å². The maximum absolute atomic E-state index is 12.5. The Morgan fingerprint density at radius 2 is 1.79 bits per heavy atom. The molecule has 1 aliphatic heterocycles. The van der Waals surface area contributed by atoms with Gasteiger partial charge in [-0.15, -0.1) is 0 Å². The monoisotopic (exact) mass is 360 g/mol. The first-order valence-electron chi connectivity index (χ1n) is 8.79. The van der Waals surface area contributed by atoms with Gasteiger partial charge >= 0.3 is 6.09 Å². The van der Waals surface area contributed by atoms with Gasteiger partial charge in [-0.2, -0.15) is 0 Å². The molecule has 7 heteroatoms. The molecule has 0 spiro atoms. The molecule has 6 nitrogen and oxygen atoms in total. The van der Waals surface area contributed by atoms with Gasteiger partial charge in [0, 0.05) is 19.6 Å². The van der Waals surface area contributed by atoms with Crippen molar-refractivity contribution in [3.05, 3.63) is 0 Å². The molecule has 0 aliphatic carbocycles. The Hall–Kier alpha value is -0.633. The largest absolute Gasteiger partial charge is 0.444 e. The molecule has 0 aromatic carbocycles. The van der Waals surface area contributed by atoms with Crippen molar-refractivity contribution in [1.29, 1.82) is 0 Å². The standard InChI is InChI=1S/C17H36N2O4Si/c1-13(22-23-24(8,9)17(5,6)7)14-12-18-10-11-19(14)15(20)21-16(2,3)4/h13-14,18H,10-12H2,1-9H3. The van der Waals surface area contributed by atoms with E-state index in [0.29, 0.717) is 13.1 Å². The molecule has 1 amide bonds. The molecule has 0 bridgehead atoms. The number of nitrogens with zero attached hydrogens (tertiary/aromatic N) is 1. The lowest BCUT2D eigenvalue weighted by atomic mass is 10.1. The molecule has 1 heterocycles. The van der Waals surface area contributed by atoms with E-state index in [1.807, 2.05) is 27.7 Å². The number of hydrogen-bond donors (Lipinski definition) is 1. The summed E-state index contributed by atoms with van der Waals surface area (Å²) < 4.78 is 11.4. The zero-order chi connectivity index (χ0) is 18.8. The minimum absolute atomic E-state index is 0.0718. The number of carbonyl (C=O) groups is 1. The summed E-state index contributed by atoms with van der Waals surface area (Å²) in [6.45, 7) is 20.4. The average molecular weight is 361 g/mol. The molecule has 1 saturated heterocycles. The van der Waals surface area contributed by atoms with Crippen molar-refractivity contribution >= 4 is 14.4 Å². The molecule has 0 aromatic rings. The number of piperazine rings is 1. The van der Waals surface area contributed by atoms with Crippen molar-refractivity contribution in [2.45, 2.75) is 84.3 Å². The summed E-state index contributed by atoms with van der Waals surface area (Å²) in [5.41, 5.74) is -0.506. The number of amides is 1. The number of carbonyl (C=O) groups excluding carboxylic acids is 1. The van der Waals surface area contributed by atoms with Crippen LogP contribution in [-0.2, 0) is 14.2 Å². The molecular formula is C17H36N2O4Si. The highest BCUT2D eigenvalue weighted by atomic mass is 28.4. The van der Waals surface area contributed by atoms with Gasteiger partial charge < -0.3 is 10.1 Å². The first kappa shape index (κ1) is 21.4. The van der Waals surface area contributed by atoms with Crippen LogP contribution in [0, 0.1) is 0 Å². The molecule has 2 atom stereocenters. The van der Waals surface area contributed by atoms with Crippen LogP contribution >= 0.6 is 0 Å². The Morgan fingerprint density at radius 3 is 2.29 bits per heavy atom. The number of ether oxygens (including phenoxy) is 1. The highest BCUT2D eigenvalue weighted by Crippen LogP contribution is 2.37. The molecule has 1 rings (SSSR count). The molecule has 1 fully saturated rings. The lowest BCUT2D eigenvalue weighted by molar-refractivity contribution is -0.265. The maximum Gasteiger partial charge on any atom is 0.410 e. The van der Waals surface area contributed by atoms with Gasteiger partial charge in [0.15, 0.2) is 0 Å². The number of hydrogen-bond acceptors (Lipinski definition) is 5. The van der Waals surface area contributed by atoms with Gasteiger partial charge in [-0.3, -0.25) is 9.48 Å². The Labute approximate surface area is 148 Å². The van der Waals surface area contributed by atoms with Crippen molar-refractivity contribution in [3.8, 4) is 0 Å². The summed E-state index contributed by atoms with van der Waals surface area (Å²) in [5, 5.41) is 3.39. The molecule has 24 heavy (non-hydrogen) atoms. The Bertz CT molecular complexity index is 429. The number of nitrogens with one attached hydrogen (secondary N) is 1. The van der Waals surface area contributed by atoms with Crippen LogP contribution < -0.4 is 5.32 Å². The van der Waals surface area contributed by atoms with E-state index in [0.717, 1.165) is 6.54 Å². The van der Waals surface area contributed by atoms with E-state index in [1.54, 1.807) is 4.90 Å². The van der Waals surface area contributed by atoms with Crippen molar-refractivity contribution in [2.75, 3.05) is 19.6 Å². The van der Waals surface area contributed by atoms with E-state index in [-0.39, 0.29) is 23.3 Å². The molecule has 0 saturated carbocycles. The van der Waals surface area contributed by atoms with Crippen LogP contribution in [0.3, 0.4) is 0 Å². The third-order valence-corrected chi connectivity index (χ3v) is 8.79. The lowest BCUT2D eigenvalue weighted by Crippen LogP contribution is -2.59. The van der Waals surface area contributed by atoms with Gasteiger partial charge in [0.05, 0.1) is 6.04 Å². The molecular weight excluding hydrogens is 324 g/mol. The van der Waals surface area contributed by atoms with E-state index >= 15 is 0 Å². The van der Waals surface area contributed by atoms with Gasteiger partial charge in [0.1, 0.15) is 11.7 Å². The topological polar surface area (TPSA) is 60.0 Å². The van der Waals surface area contributed by atoms with Gasteiger partial charge in [0.2, 0.25) is 8.32 Å². The quantitative estimate of drug-likeness (QED) is 0.472. The molecule has 142 valence electrons. The van der Waals surface area contributed by atoms with Crippen molar-refractivity contribution < 1.29 is 19.0 Å². The van der Waals surface area contributed by atoms with Crippen LogP contribution in [0.2, 0.25) is 18.1 Å². The van der Waals surface area contributed by atoms with Gasteiger partial charge in [0.25, 0.3) is 0 Å². The van der Waals surface area contributed by atoms with Crippen LogP contribution in [-0.4, -0.2) is 56.7 Å². The third kappa shape index (κ3) is 6.02. The normalized spacial score (nSPS) is 21.5. The average Bonchev–Trinajstić information content (AvgIpc) is 2.41. The number of rotatable bonds is 4. The minimum Gasteiger partial charge on any atom is -0.444 e. The van der Waals surface area contributed by atoms with Crippen LogP contribution in [0.15, 0.2) is 0 Å². The Kier molecular flexibility index (Phi) is 6.89. The van der Waals surface area contributed by atoms with Gasteiger partial charge in [-0.05, 0) is 45.8 Å². The maximum atomic E-state index is 12.5. The SMILES string of the molecule is CC(OO[Si](C)(C)C(C)(C)C)C1CNCCN1C(=O)OC(C)(C)C. The Morgan fingerprint density at radius 1 is 1.21 bits per heavy atom. The van der Waals surface area contributed by atoms with Crippen LogP contribution in [0.5, 0.6) is 0 Å². The third-order valence-electron chi connectivity index (χ3n) is 4.67. The molecule has 1 aliphatic rings. The summed E-state index contributed by atoms with van der Waals surface area (Å²) in [5.74, 6) is 0. The second-order valence-corrected chi connectivity index (χ2v) is 13.8. The zero-order valence-corrected chi connectivity index (χ0v) is 17.9. The van der Waals surface area contributed by atoms with E-state index < -0.39 is 13.9 Å². The predicted octanol–water partition coefficient (Wildman–Crippen LogP) is 3.54. The fraction of sp³-hybridized carbons (Fsp3) is 0.941. The second-order valence-electron chi connectivity index (χ2n) is 9.09. The van der Waals surface area contributed by atoms with E-state index in [9.17, 15) is 4.79 Å². The highest BCUT2D eigenvalue weighted by molar-refractivity contribution is 6.73. The van der Waals surface area contributed by atoms with Crippen LogP contribution in [0.25, 0.3) is 0 Å². The van der Waals surface area contributed by atoms with Crippen molar-refractivity contribution in [2.24, 2.45) is 0 Å². The molecule has 0 aromatic heterocycles. The fourth-order valence-electron chi connectivity index (χ4n) is 2.08. The van der Waals surface area contributed by atoms with Crippen molar-refractivity contribution in [1.82, 2.24) is 10.2 Å². The lowest BCUT2D eigenvalue weighted by Gasteiger charge is -2.41. The first-order valence-corrected chi connectivity index (χ1v) is 11.7. The Balaban J connectivity index is 2.72. The summed E-state index contributed by atoms with van der Waals surface area (Å²) in [6, 6.07) is -0.113. The van der Waals surface area contributed by atoms with E-state index in [1.165, 1.54) is 0 Å². The highest BCUT2D eigenvalue weighted by Gasteiger charge is 2.41. The fourth-order valence-corrected chi connectivity index (χ4v) is 2.72. The summed E-state index contributed by atoms with van der Waals surface area (Å²) >= 11 is 0. The zero-order valence-electron chi connectivity index (χ0n) is 16.9. The first-order chi connectivity index (χ1) is 10.7.